The van der Waals surface area contributed by atoms with Gasteiger partial charge >= 0.3 is 6.03 Å². The smallest absolute Gasteiger partial charge is 0.320 e. The number of halogens is 1. The van der Waals surface area contributed by atoms with Crippen LogP contribution in [0.15, 0.2) is 42.7 Å². The van der Waals surface area contributed by atoms with Gasteiger partial charge in [-0.1, -0.05) is 6.07 Å². The Hall–Kier alpha value is -4.38. The van der Waals surface area contributed by atoms with E-state index in [2.05, 4.69) is 16.9 Å². The number of benzene rings is 1. The number of ketones is 2. The molecule has 0 bridgehead atoms. The lowest BCUT2D eigenvalue weighted by atomic mass is 9.78. The molecule has 220 valence electrons. The van der Waals surface area contributed by atoms with Gasteiger partial charge in [0.1, 0.15) is 17.2 Å². The van der Waals surface area contributed by atoms with E-state index in [4.69, 9.17) is 5.10 Å². The zero-order valence-corrected chi connectivity index (χ0v) is 24.1. The first-order valence-corrected chi connectivity index (χ1v) is 15.0. The van der Waals surface area contributed by atoms with Gasteiger partial charge in [-0.3, -0.25) is 18.7 Å². The first-order chi connectivity index (χ1) is 20.8. The molecule has 1 spiro atoms. The van der Waals surface area contributed by atoms with E-state index in [1.165, 1.54) is 12.1 Å². The molecule has 10 nitrogen and oxygen atoms in total. The Morgan fingerprint density at radius 1 is 0.953 bits per heavy atom. The molecule has 1 aromatic carbocycles. The number of carbonyl (C=O) groups is 3. The fraction of sp³-hybridized carbons (Fsp3) is 0.406. The molecule has 2 saturated heterocycles. The molecule has 4 aromatic rings. The predicted molar refractivity (Wildman–Crippen MR) is 157 cm³/mol. The third kappa shape index (κ3) is 4.12. The van der Waals surface area contributed by atoms with Crippen LogP contribution in [-0.4, -0.2) is 91.2 Å². The van der Waals surface area contributed by atoms with Crippen LogP contribution in [0.4, 0.5) is 9.18 Å². The Labute approximate surface area is 247 Å². The van der Waals surface area contributed by atoms with Crippen molar-refractivity contribution in [2.45, 2.75) is 38.8 Å². The Bertz CT molecular complexity index is 1880. The van der Waals surface area contributed by atoms with Crippen molar-refractivity contribution < 1.29 is 18.8 Å². The number of amides is 2. The number of pyridine rings is 1. The van der Waals surface area contributed by atoms with Crippen LogP contribution in [0, 0.1) is 11.2 Å². The van der Waals surface area contributed by atoms with Crippen LogP contribution in [0.3, 0.4) is 0 Å². The van der Waals surface area contributed by atoms with Crippen molar-refractivity contribution in [3.05, 3.63) is 65.5 Å². The third-order valence-corrected chi connectivity index (χ3v) is 9.90. The van der Waals surface area contributed by atoms with Crippen molar-refractivity contribution in [1.82, 2.24) is 33.9 Å². The molecule has 11 heteroatoms. The molecule has 3 aromatic heterocycles. The number of likely N-dealkylation sites (tertiary alicyclic amines) is 2. The summed E-state index contributed by atoms with van der Waals surface area (Å²) >= 11 is 0. The number of aromatic nitrogens is 4. The molecule has 8 rings (SSSR count). The van der Waals surface area contributed by atoms with Crippen LogP contribution in [0.5, 0.6) is 0 Å². The highest BCUT2D eigenvalue weighted by Crippen LogP contribution is 2.42. The van der Waals surface area contributed by atoms with Crippen LogP contribution in [0.2, 0.25) is 0 Å². The lowest BCUT2D eigenvalue weighted by molar-refractivity contribution is -0.119. The summed E-state index contributed by atoms with van der Waals surface area (Å²) in [6, 6.07) is 8.33. The van der Waals surface area contributed by atoms with Gasteiger partial charge in [0.25, 0.3) is 0 Å². The Morgan fingerprint density at radius 2 is 1.74 bits per heavy atom. The van der Waals surface area contributed by atoms with Gasteiger partial charge in [-0.15, -0.1) is 0 Å². The molecule has 0 saturated carbocycles. The maximum Gasteiger partial charge on any atom is 0.320 e. The number of fused-ring (bicyclic) bond motifs is 1. The molecule has 0 N–H and O–H groups in total. The Kier molecular flexibility index (Phi) is 5.84. The molecular formula is C32H32FN7O3. The van der Waals surface area contributed by atoms with Crippen molar-refractivity contribution in [2.75, 3.05) is 39.8 Å². The molecule has 43 heavy (non-hydrogen) atoms. The van der Waals surface area contributed by atoms with Gasteiger partial charge < -0.3 is 14.7 Å². The lowest BCUT2D eigenvalue weighted by Crippen LogP contribution is -2.45. The van der Waals surface area contributed by atoms with Gasteiger partial charge in [0.15, 0.2) is 11.6 Å². The number of nitrogens with zero attached hydrogens (tertiary/aromatic N) is 7. The Balaban J connectivity index is 1.16. The average molecular weight is 582 g/mol. The number of urea groups is 1. The fourth-order valence-electron chi connectivity index (χ4n) is 7.54. The van der Waals surface area contributed by atoms with E-state index in [0.717, 1.165) is 45.4 Å². The highest BCUT2D eigenvalue weighted by molar-refractivity contribution is 6.51. The topological polar surface area (TPSA) is 96.0 Å². The van der Waals surface area contributed by atoms with Gasteiger partial charge in [-0.05, 0) is 69.1 Å². The Morgan fingerprint density at radius 3 is 2.58 bits per heavy atom. The summed E-state index contributed by atoms with van der Waals surface area (Å²) < 4.78 is 18.8. The molecule has 4 aliphatic rings. The summed E-state index contributed by atoms with van der Waals surface area (Å²) in [5.41, 5.74) is 3.45. The molecule has 0 atom stereocenters. The number of Topliss-reactive ketones (excluding diaryl/α,β-unsaturated/α-hetero) is 2. The number of allylic oxidation sites excluding steroid dienone is 2. The second-order valence-corrected chi connectivity index (χ2v) is 12.6. The quantitative estimate of drug-likeness (QED) is 0.336. The van der Waals surface area contributed by atoms with Gasteiger partial charge in [-0.2, -0.15) is 5.10 Å². The number of piperidine rings is 1. The molecule has 3 aliphatic heterocycles. The highest BCUT2D eigenvalue weighted by atomic mass is 19.1. The summed E-state index contributed by atoms with van der Waals surface area (Å²) in [5.74, 6) is -1.12. The second kappa shape index (κ2) is 9.57. The van der Waals surface area contributed by atoms with Crippen molar-refractivity contribution >= 4 is 45.3 Å². The molecular weight excluding hydrogens is 549 g/mol. The maximum atomic E-state index is 15.2. The first kappa shape index (κ1) is 26.3. The highest BCUT2D eigenvalue weighted by Gasteiger charge is 2.43. The zero-order chi connectivity index (χ0) is 29.5. The van der Waals surface area contributed by atoms with Gasteiger partial charge in [0.2, 0.25) is 0 Å². The summed E-state index contributed by atoms with van der Waals surface area (Å²) in [7, 11) is 2.15. The van der Waals surface area contributed by atoms with Crippen LogP contribution in [0.25, 0.3) is 27.7 Å². The molecule has 2 amide bonds. The minimum Gasteiger partial charge on any atom is -0.324 e. The lowest BCUT2D eigenvalue weighted by Gasteiger charge is -2.38. The van der Waals surface area contributed by atoms with Gasteiger partial charge in [0, 0.05) is 43.3 Å². The summed E-state index contributed by atoms with van der Waals surface area (Å²) in [5, 5.41) is 5.30. The minimum atomic E-state index is -0.474. The molecule has 6 heterocycles. The van der Waals surface area contributed by atoms with Gasteiger partial charge in [-0.25, -0.2) is 14.2 Å². The molecule has 1 aliphatic carbocycles. The van der Waals surface area contributed by atoms with E-state index < -0.39 is 5.82 Å². The van der Waals surface area contributed by atoms with E-state index in [9.17, 15) is 14.4 Å². The first-order valence-electron chi connectivity index (χ1n) is 15.0. The number of rotatable bonds is 2. The average Bonchev–Trinajstić information content (AvgIpc) is 3.73. The summed E-state index contributed by atoms with van der Waals surface area (Å²) in [6.45, 7) is 4.66. The fourth-order valence-corrected chi connectivity index (χ4v) is 7.54. The summed E-state index contributed by atoms with van der Waals surface area (Å²) in [4.78, 5) is 50.9. The molecule has 0 radical (unpaired) electrons. The van der Waals surface area contributed by atoms with Crippen molar-refractivity contribution in [1.29, 1.82) is 0 Å². The second-order valence-electron chi connectivity index (χ2n) is 12.6. The normalized spacial score (nSPS) is 20.8. The van der Waals surface area contributed by atoms with Gasteiger partial charge in [0.05, 0.1) is 41.5 Å². The van der Waals surface area contributed by atoms with Crippen LogP contribution in [-0.2, 0) is 22.7 Å². The van der Waals surface area contributed by atoms with Crippen LogP contribution >= 0.6 is 0 Å². The number of carbonyl (C=O) groups excluding carboxylic acids is 3. The maximum absolute atomic E-state index is 15.2. The standard InChI is InChI=1S/C32H32FN7O3/c1-36-9-5-32(6-10-36)7-11-38(19-32)31(43)37-12-13-40-30-20(18-37)14-21(33)15-22(30)29(35-40)28-25(42)16-24(41)27(28)23-17-34-26-4-2-3-8-39(23)26/h2-4,8,14-15,17H,5-7,9-13,16,18-19H2,1H3. The van der Waals surface area contributed by atoms with Crippen molar-refractivity contribution in [3.8, 4) is 0 Å². The predicted octanol–water partition coefficient (Wildman–Crippen LogP) is 3.63. The van der Waals surface area contributed by atoms with E-state index in [0.29, 0.717) is 46.6 Å². The summed E-state index contributed by atoms with van der Waals surface area (Å²) in [6.07, 6.45) is 6.34. The number of hydrogen-bond donors (Lipinski definition) is 0. The molecule has 0 unspecified atom stereocenters. The van der Waals surface area contributed by atoms with Crippen molar-refractivity contribution in [2.24, 2.45) is 5.41 Å². The zero-order valence-electron chi connectivity index (χ0n) is 24.1. The van der Waals surface area contributed by atoms with Crippen LogP contribution in [0.1, 0.15) is 42.6 Å². The number of hydrogen-bond acceptors (Lipinski definition) is 6. The van der Waals surface area contributed by atoms with Crippen LogP contribution < -0.4 is 0 Å². The number of imidazole rings is 1. The van der Waals surface area contributed by atoms with E-state index in [-0.39, 0.29) is 47.1 Å². The van der Waals surface area contributed by atoms with E-state index in [1.54, 1.807) is 26.4 Å². The van der Waals surface area contributed by atoms with E-state index >= 15 is 4.39 Å². The van der Waals surface area contributed by atoms with Crippen molar-refractivity contribution in [3.63, 3.8) is 0 Å². The largest absolute Gasteiger partial charge is 0.324 e. The SMILES string of the molecule is CN1CCC2(CC1)CCN(C(=O)N1CCn3nc(C4=C(c5cnc6ccccn56)C(=O)CC4=O)c4cc(F)cc(c43)C1)C2. The third-order valence-electron chi connectivity index (χ3n) is 9.90. The molecule has 2 fully saturated rings. The minimum absolute atomic E-state index is 0.0200. The monoisotopic (exact) mass is 581 g/mol. The van der Waals surface area contributed by atoms with E-state index in [1.807, 2.05) is 23.1 Å².